The number of hydrogen-bond donors (Lipinski definition) is 1. The standard InChI is InChI=1S/C33H44BFN6O3/c1-38-29-25(3-2-4-26(29)41(31(38)44)27-5-6-28(42)37-30(27)43)23-7-15-39(16-8-23)21-33(35)11-17-40(18-12-33)24-19-32(20-24)9-13-34(22-36)14-10-32/h2-4,23-24,27H,5-21H2,1H3,(H,37,42,43). The molecule has 1 N–H and O–H groups in total. The minimum atomic E-state index is -1.14. The molecular formula is C33H44BFN6O3. The second kappa shape index (κ2) is 11.4. The number of fused-ring (bicyclic) bond motifs is 1. The number of piperidine rings is 3. The number of para-hydroxylation sites is 1. The van der Waals surface area contributed by atoms with Gasteiger partial charge in [0.15, 0.2) is 0 Å². The van der Waals surface area contributed by atoms with Crippen molar-refractivity contribution in [2.24, 2.45) is 12.5 Å². The molecule has 5 heterocycles. The minimum Gasteiger partial charge on any atom is -0.300 e. The van der Waals surface area contributed by atoms with E-state index in [1.165, 1.54) is 25.7 Å². The monoisotopic (exact) mass is 602 g/mol. The zero-order chi connectivity index (χ0) is 30.6. The Morgan fingerprint density at radius 3 is 2.39 bits per heavy atom. The van der Waals surface area contributed by atoms with Crippen molar-refractivity contribution in [3.8, 4) is 5.97 Å². The van der Waals surface area contributed by atoms with Gasteiger partial charge in [-0.15, -0.1) is 0 Å². The van der Waals surface area contributed by atoms with Crippen LogP contribution in [0.1, 0.15) is 81.7 Å². The number of aryl methyl sites for hydroxylation is 1. The normalized spacial score (nSPS) is 26.9. The van der Waals surface area contributed by atoms with Crippen LogP contribution >= 0.6 is 0 Å². The van der Waals surface area contributed by atoms with Crippen LogP contribution in [0, 0.1) is 16.6 Å². The lowest BCUT2D eigenvalue weighted by Crippen LogP contribution is -2.57. The third-order valence-electron chi connectivity index (χ3n) is 12.0. The number of hydrogen-bond acceptors (Lipinski definition) is 6. The lowest BCUT2D eigenvalue weighted by atomic mass is 9.37. The number of nitrogens with zero attached hydrogens (tertiary/aromatic N) is 5. The first-order valence-electron chi connectivity index (χ1n) is 16.8. The van der Waals surface area contributed by atoms with Crippen LogP contribution in [0.4, 0.5) is 4.39 Å². The number of likely N-dealkylation sites (tertiary alicyclic amines) is 2. The van der Waals surface area contributed by atoms with Crippen LogP contribution in [0.25, 0.3) is 11.0 Å². The van der Waals surface area contributed by atoms with Gasteiger partial charge in [0.25, 0.3) is 6.71 Å². The van der Waals surface area contributed by atoms with Crippen LogP contribution in [-0.4, -0.2) is 81.9 Å². The smallest absolute Gasteiger partial charge is 0.300 e. The number of imidazole rings is 1. The summed E-state index contributed by atoms with van der Waals surface area (Å²) >= 11 is 0. The largest absolute Gasteiger partial charge is 0.329 e. The van der Waals surface area contributed by atoms with E-state index in [1.54, 1.807) is 16.2 Å². The first-order chi connectivity index (χ1) is 21.2. The SMILES string of the molecule is Cn1c(=O)n(C2CCC(=O)NC2=O)c2cccc(C3CCN(CC4(F)CCN(C5CC6(CCB(C#N)CC6)C5)CC4)CC3)c21. The molecule has 4 aliphatic heterocycles. The number of nitriles is 1. The van der Waals surface area contributed by atoms with E-state index in [9.17, 15) is 19.6 Å². The van der Waals surface area contributed by atoms with Gasteiger partial charge in [-0.1, -0.05) is 37.6 Å². The Labute approximate surface area is 258 Å². The average Bonchev–Trinajstić information content (AvgIpc) is 3.26. The second-order valence-corrected chi connectivity index (χ2v) is 14.6. The van der Waals surface area contributed by atoms with Crippen molar-refractivity contribution in [2.75, 3.05) is 32.7 Å². The fraction of sp³-hybridized carbons (Fsp3) is 0.697. The molecule has 234 valence electrons. The third kappa shape index (κ3) is 5.32. The second-order valence-electron chi connectivity index (χ2n) is 14.6. The van der Waals surface area contributed by atoms with Gasteiger partial charge in [-0.3, -0.25) is 24.0 Å². The first kappa shape index (κ1) is 29.7. The van der Waals surface area contributed by atoms with Crippen LogP contribution in [-0.2, 0) is 16.6 Å². The summed E-state index contributed by atoms with van der Waals surface area (Å²) in [5, 5.41) is 11.6. The molecule has 1 atom stereocenters. The van der Waals surface area contributed by atoms with E-state index in [0.717, 1.165) is 68.3 Å². The summed E-state index contributed by atoms with van der Waals surface area (Å²) in [4.78, 5) is 42.5. The van der Waals surface area contributed by atoms with Crippen molar-refractivity contribution in [3.05, 3.63) is 34.2 Å². The maximum atomic E-state index is 16.1. The number of benzene rings is 1. The molecule has 5 aliphatic rings. The van der Waals surface area contributed by atoms with Crippen molar-refractivity contribution in [2.45, 2.75) is 101 Å². The Morgan fingerprint density at radius 1 is 1.02 bits per heavy atom. The van der Waals surface area contributed by atoms with E-state index < -0.39 is 17.6 Å². The third-order valence-corrected chi connectivity index (χ3v) is 12.0. The molecular weight excluding hydrogens is 558 g/mol. The summed E-state index contributed by atoms with van der Waals surface area (Å²) < 4.78 is 19.3. The zero-order valence-electron chi connectivity index (χ0n) is 25.9. The summed E-state index contributed by atoms with van der Waals surface area (Å²) in [7, 11) is 1.76. The number of carbonyl (C=O) groups excluding carboxylic acids is 2. The van der Waals surface area contributed by atoms with Gasteiger partial charge in [-0.05, 0) is 81.0 Å². The highest BCUT2D eigenvalue weighted by Gasteiger charge is 2.50. The summed E-state index contributed by atoms with van der Waals surface area (Å²) in [5.74, 6) is 1.99. The quantitative estimate of drug-likeness (QED) is 0.413. The summed E-state index contributed by atoms with van der Waals surface area (Å²) in [6.45, 7) is 4.08. The Morgan fingerprint density at radius 2 is 1.73 bits per heavy atom. The highest BCUT2D eigenvalue weighted by atomic mass is 19.1. The molecule has 5 fully saturated rings. The summed E-state index contributed by atoms with van der Waals surface area (Å²) in [6.07, 6.45) is 10.5. The molecule has 1 aromatic heterocycles. The van der Waals surface area contributed by atoms with Crippen molar-refractivity contribution >= 4 is 29.6 Å². The Hall–Kier alpha value is -2.97. The van der Waals surface area contributed by atoms with E-state index in [0.29, 0.717) is 37.3 Å². The van der Waals surface area contributed by atoms with Gasteiger partial charge in [0.05, 0.1) is 11.0 Å². The number of nitrogens with one attached hydrogen (secondary N) is 1. The van der Waals surface area contributed by atoms with Crippen LogP contribution in [0.2, 0.25) is 12.6 Å². The van der Waals surface area contributed by atoms with Gasteiger partial charge in [0.1, 0.15) is 11.7 Å². The van der Waals surface area contributed by atoms with Gasteiger partial charge in [0.2, 0.25) is 11.8 Å². The fourth-order valence-electron chi connectivity index (χ4n) is 9.24. The number of carbonyl (C=O) groups is 2. The molecule has 2 amide bonds. The molecule has 0 radical (unpaired) electrons. The topological polar surface area (TPSA) is 103 Å². The summed E-state index contributed by atoms with van der Waals surface area (Å²) in [6, 6.07) is 5.84. The van der Waals surface area contributed by atoms with Crippen LogP contribution in [0.3, 0.4) is 0 Å². The van der Waals surface area contributed by atoms with Gasteiger partial charge in [-0.2, -0.15) is 0 Å². The number of amides is 2. The highest BCUT2D eigenvalue weighted by Crippen LogP contribution is 2.54. The van der Waals surface area contributed by atoms with Gasteiger partial charge < -0.3 is 9.80 Å². The number of imide groups is 1. The molecule has 1 unspecified atom stereocenters. The molecule has 44 heavy (non-hydrogen) atoms. The van der Waals surface area contributed by atoms with E-state index >= 15 is 4.39 Å². The predicted octanol–water partition coefficient (Wildman–Crippen LogP) is 3.80. The van der Waals surface area contributed by atoms with E-state index in [1.807, 2.05) is 12.1 Å². The van der Waals surface area contributed by atoms with Crippen LogP contribution in [0.5, 0.6) is 0 Å². The van der Waals surface area contributed by atoms with Crippen LogP contribution in [0.15, 0.2) is 23.0 Å². The molecule has 4 saturated heterocycles. The minimum absolute atomic E-state index is 0.220. The number of aromatic nitrogens is 2. The number of rotatable bonds is 5. The van der Waals surface area contributed by atoms with Gasteiger partial charge >= 0.3 is 5.69 Å². The van der Waals surface area contributed by atoms with Gasteiger partial charge in [0, 0.05) is 45.1 Å². The molecule has 1 spiro atoms. The van der Waals surface area contributed by atoms with Crippen LogP contribution < -0.4 is 11.0 Å². The van der Waals surface area contributed by atoms with Gasteiger partial charge in [-0.25, -0.2) is 14.4 Å². The number of halogens is 1. The average molecular weight is 603 g/mol. The van der Waals surface area contributed by atoms with Crippen molar-refractivity contribution in [1.82, 2.24) is 24.3 Å². The summed E-state index contributed by atoms with van der Waals surface area (Å²) in [5.41, 5.74) is 1.76. The van der Waals surface area contributed by atoms with E-state index in [4.69, 9.17) is 0 Å². The molecule has 1 aromatic carbocycles. The maximum absolute atomic E-state index is 16.1. The van der Waals surface area contributed by atoms with E-state index in [2.05, 4.69) is 27.2 Å². The predicted molar refractivity (Wildman–Crippen MR) is 167 cm³/mol. The molecule has 1 aliphatic carbocycles. The lowest BCUT2D eigenvalue weighted by molar-refractivity contribution is -0.135. The maximum Gasteiger partial charge on any atom is 0.329 e. The van der Waals surface area contributed by atoms with E-state index in [-0.39, 0.29) is 30.6 Å². The van der Waals surface area contributed by atoms with Crippen molar-refractivity contribution in [1.29, 1.82) is 5.26 Å². The molecule has 2 aromatic rings. The Bertz CT molecular complexity index is 1530. The van der Waals surface area contributed by atoms with Crippen molar-refractivity contribution < 1.29 is 14.0 Å². The first-order valence-corrected chi connectivity index (χ1v) is 16.8. The molecule has 1 saturated carbocycles. The molecule has 9 nitrogen and oxygen atoms in total. The Kier molecular flexibility index (Phi) is 7.73. The molecule has 0 bridgehead atoms. The highest BCUT2D eigenvalue weighted by molar-refractivity contribution is 6.67. The lowest BCUT2D eigenvalue weighted by Gasteiger charge is -2.56. The molecule has 11 heteroatoms. The fourth-order valence-corrected chi connectivity index (χ4v) is 9.24. The van der Waals surface area contributed by atoms with Crippen molar-refractivity contribution in [3.63, 3.8) is 0 Å². The zero-order valence-corrected chi connectivity index (χ0v) is 25.9. The Balaban J connectivity index is 0.945. The number of alkyl halides is 1. The molecule has 7 rings (SSSR count).